The van der Waals surface area contributed by atoms with Gasteiger partial charge in [-0.25, -0.2) is 0 Å². The smallest absolute Gasteiger partial charge is 0.243 e. The molecule has 1 aliphatic carbocycles. The lowest BCUT2D eigenvalue weighted by atomic mass is 9.79. The molecule has 8 heteroatoms. The van der Waals surface area contributed by atoms with E-state index < -0.39 is 18.1 Å². The van der Waals surface area contributed by atoms with Gasteiger partial charge in [0.2, 0.25) is 17.7 Å². The third kappa shape index (κ3) is 8.13. The SMILES string of the molecule is CC.CNC(=O)C(Cc1ccncc1)NC(=O)[C@@H]1CC(C2CCCCC2)CN1C(=O)C[C@H](N)c1ccccc1C. The quantitative estimate of drug-likeness (QED) is 0.436. The van der Waals surface area contributed by atoms with Gasteiger partial charge in [-0.2, -0.15) is 0 Å². The molecule has 4 atom stereocenters. The second kappa shape index (κ2) is 15.5. The summed E-state index contributed by atoms with van der Waals surface area (Å²) >= 11 is 0. The first-order chi connectivity index (χ1) is 19.4. The molecule has 1 aromatic heterocycles. The fourth-order valence-electron chi connectivity index (χ4n) is 6.16. The maximum absolute atomic E-state index is 13.7. The highest BCUT2D eigenvalue weighted by molar-refractivity contribution is 5.92. The van der Waals surface area contributed by atoms with Gasteiger partial charge >= 0.3 is 0 Å². The van der Waals surface area contributed by atoms with E-state index in [2.05, 4.69) is 15.6 Å². The van der Waals surface area contributed by atoms with E-state index in [9.17, 15) is 14.4 Å². The van der Waals surface area contributed by atoms with Crippen LogP contribution < -0.4 is 16.4 Å². The number of likely N-dealkylation sites (tertiary alicyclic amines) is 1. The molecule has 2 heterocycles. The van der Waals surface area contributed by atoms with Crippen LogP contribution in [0.3, 0.4) is 0 Å². The molecule has 3 amide bonds. The number of pyridine rings is 1. The number of amides is 3. The Morgan fingerprint density at radius 2 is 1.70 bits per heavy atom. The van der Waals surface area contributed by atoms with Crippen molar-refractivity contribution in [1.82, 2.24) is 20.5 Å². The number of likely N-dealkylation sites (N-methyl/N-ethyl adjacent to an activating group) is 1. The number of rotatable bonds is 9. The number of carbonyl (C=O) groups excluding carboxylic acids is 3. The van der Waals surface area contributed by atoms with E-state index in [1.807, 2.05) is 57.2 Å². The molecule has 1 aromatic carbocycles. The zero-order valence-electron chi connectivity index (χ0n) is 24.6. The van der Waals surface area contributed by atoms with Gasteiger partial charge in [-0.3, -0.25) is 19.4 Å². The molecule has 2 aliphatic rings. The summed E-state index contributed by atoms with van der Waals surface area (Å²) in [5.41, 5.74) is 9.38. The lowest BCUT2D eigenvalue weighted by Crippen LogP contribution is -2.53. The number of hydrogen-bond donors (Lipinski definition) is 3. The minimum absolute atomic E-state index is 0.107. The number of aryl methyl sites for hydroxylation is 1. The predicted molar refractivity (Wildman–Crippen MR) is 158 cm³/mol. The first kappa shape index (κ1) is 31.3. The standard InChI is InChI=1S/C30H41N5O3.C2H6/c1-20-8-6-7-11-24(20)25(31)18-28(36)35-19-23(22-9-4-3-5-10-22)17-27(35)30(38)34-26(29(37)32-2)16-21-12-14-33-15-13-21;1-2/h6-8,11-15,22-23,25-27H,3-5,9-10,16-19,31H2,1-2H3,(H,32,37)(H,34,38);1-2H3/t23?,25-,26?,27-;/m0./s1. The first-order valence-electron chi connectivity index (χ1n) is 14.9. The second-order valence-electron chi connectivity index (χ2n) is 10.9. The van der Waals surface area contributed by atoms with Crippen molar-refractivity contribution < 1.29 is 14.4 Å². The van der Waals surface area contributed by atoms with Crippen LogP contribution in [0, 0.1) is 18.8 Å². The minimum atomic E-state index is -0.741. The van der Waals surface area contributed by atoms with Crippen LogP contribution in [0.5, 0.6) is 0 Å². The van der Waals surface area contributed by atoms with Crippen LogP contribution in [-0.2, 0) is 20.8 Å². The molecule has 0 bridgehead atoms. The Bertz CT molecular complexity index is 1100. The highest BCUT2D eigenvalue weighted by Crippen LogP contribution is 2.38. The Labute approximate surface area is 239 Å². The Kier molecular flexibility index (Phi) is 12.1. The van der Waals surface area contributed by atoms with Crippen molar-refractivity contribution in [3.63, 3.8) is 0 Å². The molecule has 1 saturated heterocycles. The molecular weight excluding hydrogens is 502 g/mol. The maximum atomic E-state index is 13.7. The van der Waals surface area contributed by atoms with Crippen LogP contribution in [0.15, 0.2) is 48.8 Å². The van der Waals surface area contributed by atoms with Gasteiger partial charge in [0.25, 0.3) is 0 Å². The summed E-state index contributed by atoms with van der Waals surface area (Å²) in [6.07, 6.45) is 10.4. The number of carbonyl (C=O) groups is 3. The van der Waals surface area contributed by atoms with Crippen LogP contribution >= 0.6 is 0 Å². The highest BCUT2D eigenvalue weighted by atomic mass is 16.2. The van der Waals surface area contributed by atoms with Gasteiger partial charge < -0.3 is 21.3 Å². The fourth-order valence-corrected chi connectivity index (χ4v) is 6.16. The van der Waals surface area contributed by atoms with Gasteiger partial charge in [0, 0.05) is 44.9 Å². The molecule has 0 spiro atoms. The van der Waals surface area contributed by atoms with Gasteiger partial charge in [-0.05, 0) is 54.0 Å². The number of hydrogen-bond acceptors (Lipinski definition) is 5. The van der Waals surface area contributed by atoms with E-state index in [4.69, 9.17) is 5.73 Å². The molecule has 8 nitrogen and oxygen atoms in total. The molecular formula is C32H47N5O3. The summed E-state index contributed by atoms with van der Waals surface area (Å²) in [5.74, 6) is 0.154. The molecule has 218 valence electrons. The second-order valence-corrected chi connectivity index (χ2v) is 10.9. The molecule has 2 aromatic rings. The Morgan fingerprint density at radius 1 is 1.02 bits per heavy atom. The fraction of sp³-hybridized carbons (Fsp3) is 0.562. The van der Waals surface area contributed by atoms with Gasteiger partial charge in [-0.1, -0.05) is 70.2 Å². The predicted octanol–water partition coefficient (Wildman–Crippen LogP) is 4.08. The van der Waals surface area contributed by atoms with E-state index in [-0.39, 0.29) is 30.1 Å². The molecule has 1 saturated carbocycles. The van der Waals surface area contributed by atoms with Crippen molar-refractivity contribution >= 4 is 17.7 Å². The topological polar surface area (TPSA) is 117 Å². The van der Waals surface area contributed by atoms with Crippen molar-refractivity contribution in [3.05, 3.63) is 65.5 Å². The van der Waals surface area contributed by atoms with Gasteiger partial charge in [0.15, 0.2) is 0 Å². The summed E-state index contributed by atoms with van der Waals surface area (Å²) < 4.78 is 0. The van der Waals surface area contributed by atoms with Crippen LogP contribution in [0.4, 0.5) is 0 Å². The number of aromatic nitrogens is 1. The van der Waals surface area contributed by atoms with Crippen LogP contribution in [-0.4, -0.2) is 53.3 Å². The maximum Gasteiger partial charge on any atom is 0.243 e. The molecule has 40 heavy (non-hydrogen) atoms. The summed E-state index contributed by atoms with van der Waals surface area (Å²) in [4.78, 5) is 45.8. The highest BCUT2D eigenvalue weighted by Gasteiger charge is 2.43. The third-order valence-corrected chi connectivity index (χ3v) is 8.32. The van der Waals surface area contributed by atoms with Crippen molar-refractivity contribution in [3.8, 4) is 0 Å². The summed E-state index contributed by atoms with van der Waals surface area (Å²) in [6, 6.07) is 9.71. The van der Waals surface area contributed by atoms with Gasteiger partial charge in [0.05, 0.1) is 0 Å². The Balaban J connectivity index is 0.00000216. The van der Waals surface area contributed by atoms with Crippen molar-refractivity contribution in [2.75, 3.05) is 13.6 Å². The van der Waals surface area contributed by atoms with Crippen molar-refractivity contribution in [2.24, 2.45) is 17.6 Å². The molecule has 4 N–H and O–H groups in total. The van der Waals surface area contributed by atoms with Crippen LogP contribution in [0.1, 0.15) is 81.5 Å². The molecule has 2 unspecified atom stereocenters. The average molecular weight is 550 g/mol. The number of nitrogens with one attached hydrogen (secondary N) is 2. The van der Waals surface area contributed by atoms with Crippen LogP contribution in [0.2, 0.25) is 0 Å². The van der Waals surface area contributed by atoms with Gasteiger partial charge in [0.1, 0.15) is 12.1 Å². The number of nitrogens with two attached hydrogens (primary N) is 1. The lowest BCUT2D eigenvalue weighted by Gasteiger charge is -2.28. The summed E-state index contributed by atoms with van der Waals surface area (Å²) in [5, 5.41) is 5.62. The minimum Gasteiger partial charge on any atom is -0.357 e. The largest absolute Gasteiger partial charge is 0.357 e. The monoisotopic (exact) mass is 549 g/mol. The first-order valence-corrected chi connectivity index (χ1v) is 14.9. The Morgan fingerprint density at radius 3 is 2.35 bits per heavy atom. The molecule has 1 aliphatic heterocycles. The van der Waals surface area contributed by atoms with E-state index in [0.717, 1.165) is 29.5 Å². The summed E-state index contributed by atoms with van der Waals surface area (Å²) in [6.45, 7) is 6.56. The summed E-state index contributed by atoms with van der Waals surface area (Å²) in [7, 11) is 1.56. The molecule has 0 radical (unpaired) electrons. The van der Waals surface area contributed by atoms with E-state index in [1.165, 1.54) is 19.3 Å². The normalized spacial score (nSPS) is 20.6. The van der Waals surface area contributed by atoms with Crippen molar-refractivity contribution in [2.45, 2.75) is 90.3 Å². The zero-order chi connectivity index (χ0) is 29.1. The van der Waals surface area contributed by atoms with E-state index in [1.54, 1.807) is 24.3 Å². The molecule has 4 rings (SSSR count). The lowest BCUT2D eigenvalue weighted by molar-refractivity contribution is -0.139. The molecule has 2 fully saturated rings. The van der Waals surface area contributed by atoms with Crippen molar-refractivity contribution in [1.29, 1.82) is 0 Å². The Hall–Kier alpha value is -3.26. The average Bonchev–Trinajstić information content (AvgIpc) is 3.45. The third-order valence-electron chi connectivity index (χ3n) is 8.32. The number of nitrogens with zero attached hydrogens (tertiary/aromatic N) is 2. The van der Waals surface area contributed by atoms with Crippen LogP contribution in [0.25, 0.3) is 0 Å². The number of benzene rings is 1. The van der Waals surface area contributed by atoms with E-state index in [0.29, 0.717) is 25.3 Å². The van der Waals surface area contributed by atoms with Gasteiger partial charge in [-0.15, -0.1) is 0 Å². The zero-order valence-corrected chi connectivity index (χ0v) is 24.6. The van der Waals surface area contributed by atoms with E-state index >= 15 is 0 Å².